The van der Waals surface area contributed by atoms with Gasteiger partial charge >= 0.3 is 5.69 Å². The zero-order valence-corrected chi connectivity index (χ0v) is 15.8. The number of aromatic nitrogens is 2. The van der Waals surface area contributed by atoms with Gasteiger partial charge in [-0.05, 0) is 12.8 Å². The van der Waals surface area contributed by atoms with Crippen LogP contribution in [0.2, 0.25) is 0 Å². The molecule has 0 bridgehead atoms. The summed E-state index contributed by atoms with van der Waals surface area (Å²) in [4.78, 5) is 25.3. The summed E-state index contributed by atoms with van der Waals surface area (Å²) in [6.45, 7) is 3.38. The van der Waals surface area contributed by atoms with Gasteiger partial charge in [0.2, 0.25) is 0 Å². The van der Waals surface area contributed by atoms with E-state index >= 15 is 4.39 Å². The van der Waals surface area contributed by atoms with Crippen molar-refractivity contribution in [1.82, 2.24) is 9.55 Å². The number of hydrogen-bond acceptors (Lipinski definition) is 5. The quantitative estimate of drug-likeness (QED) is 0.585. The van der Waals surface area contributed by atoms with E-state index in [4.69, 9.17) is 14.2 Å². The van der Waals surface area contributed by atoms with E-state index in [1.807, 2.05) is 18.8 Å². The lowest BCUT2D eigenvalue weighted by atomic mass is 9.97. The first kappa shape index (κ1) is 21.7. The Hall–Kier alpha value is -1.58. The highest BCUT2D eigenvalue weighted by molar-refractivity contribution is 5.03. The van der Waals surface area contributed by atoms with Crippen LogP contribution in [0.25, 0.3) is 0 Å². The van der Waals surface area contributed by atoms with E-state index < -0.39 is 42.0 Å². The number of rotatable bonds is 11. The third kappa shape index (κ3) is 5.03. The summed E-state index contributed by atoms with van der Waals surface area (Å²) in [6.07, 6.45) is -0.0865. The molecule has 1 fully saturated rings. The lowest BCUT2D eigenvalue weighted by Crippen LogP contribution is -2.50. The molecule has 0 unspecified atom stereocenters. The molecule has 1 aliphatic heterocycles. The maximum absolute atomic E-state index is 15.2. The van der Waals surface area contributed by atoms with E-state index in [0.29, 0.717) is 13.0 Å². The van der Waals surface area contributed by atoms with Crippen LogP contribution in [-0.4, -0.2) is 53.9 Å². The molecule has 9 heteroatoms. The van der Waals surface area contributed by atoms with Gasteiger partial charge in [0.15, 0.2) is 18.0 Å². The summed E-state index contributed by atoms with van der Waals surface area (Å²) in [7, 11) is 0. The van der Waals surface area contributed by atoms with Gasteiger partial charge in [0.25, 0.3) is 5.56 Å². The molecule has 1 saturated heterocycles. The first-order chi connectivity index (χ1) is 13.0. The summed E-state index contributed by atoms with van der Waals surface area (Å²) in [5.41, 5.74) is -3.09. The van der Waals surface area contributed by atoms with E-state index in [1.165, 1.54) is 0 Å². The number of hydrogen-bond donors (Lipinski definition) is 1. The highest BCUT2D eigenvalue weighted by Crippen LogP contribution is 2.41. The Morgan fingerprint density at radius 2 is 1.96 bits per heavy atom. The lowest BCUT2D eigenvalue weighted by molar-refractivity contribution is -0.160. The van der Waals surface area contributed by atoms with Crippen LogP contribution in [0.15, 0.2) is 21.9 Å². The molecule has 0 saturated carbocycles. The SMILES string of the molecule is CCCCOC[C@@]1(CF)O[C@@H](n2ccc(=O)[nH]c2=O)[C@H](F)[C@@H]1OCCCC. The average molecular weight is 390 g/mol. The number of alkyl halides is 2. The average Bonchev–Trinajstić information content (AvgIpc) is 2.92. The Morgan fingerprint density at radius 3 is 2.59 bits per heavy atom. The van der Waals surface area contributed by atoms with E-state index in [0.717, 1.165) is 36.1 Å². The summed E-state index contributed by atoms with van der Waals surface area (Å²) >= 11 is 0. The van der Waals surface area contributed by atoms with E-state index in [1.54, 1.807) is 0 Å². The van der Waals surface area contributed by atoms with Crippen LogP contribution >= 0.6 is 0 Å². The molecular formula is C18H28F2N2O5. The first-order valence-electron chi connectivity index (χ1n) is 9.37. The second-order valence-electron chi connectivity index (χ2n) is 6.72. The van der Waals surface area contributed by atoms with Crippen molar-refractivity contribution in [2.75, 3.05) is 26.5 Å². The van der Waals surface area contributed by atoms with Gasteiger partial charge in [0.05, 0.1) is 6.61 Å². The standard InChI is InChI=1S/C18H28F2N2O5/c1-3-5-9-25-12-18(11-19)15(26-10-6-4-2)14(20)16(27-18)22-8-7-13(23)21-17(22)24/h7-8,14-16H,3-6,9-12H2,1-2H3,(H,21,23,24)/t14-,15+,16-,18-/m1/s1. The zero-order valence-electron chi connectivity index (χ0n) is 15.8. The fourth-order valence-corrected chi connectivity index (χ4v) is 3.00. The van der Waals surface area contributed by atoms with Crippen molar-refractivity contribution >= 4 is 0 Å². The maximum Gasteiger partial charge on any atom is 0.330 e. The minimum atomic E-state index is -1.80. The monoisotopic (exact) mass is 390 g/mol. The molecular weight excluding hydrogens is 362 g/mol. The molecule has 1 N–H and O–H groups in total. The molecule has 1 aromatic heterocycles. The normalized spacial score (nSPS) is 27.9. The van der Waals surface area contributed by atoms with E-state index in [-0.39, 0.29) is 13.2 Å². The van der Waals surface area contributed by atoms with Gasteiger partial charge in [-0.1, -0.05) is 26.7 Å². The van der Waals surface area contributed by atoms with E-state index in [2.05, 4.69) is 0 Å². The Labute approximate surface area is 156 Å². The van der Waals surface area contributed by atoms with Crippen molar-refractivity contribution in [1.29, 1.82) is 0 Å². The number of aromatic amines is 1. The van der Waals surface area contributed by atoms with Crippen molar-refractivity contribution < 1.29 is 23.0 Å². The van der Waals surface area contributed by atoms with Crippen LogP contribution < -0.4 is 11.2 Å². The third-order valence-electron chi connectivity index (χ3n) is 4.57. The Balaban J connectivity index is 2.27. The summed E-state index contributed by atoms with van der Waals surface area (Å²) in [6, 6.07) is 1.08. The predicted molar refractivity (Wildman–Crippen MR) is 95.4 cm³/mol. The van der Waals surface area contributed by atoms with Gasteiger partial charge in [0, 0.05) is 25.5 Å². The topological polar surface area (TPSA) is 82.5 Å². The molecule has 4 atom stereocenters. The number of halogens is 2. The zero-order chi connectivity index (χ0) is 19.9. The lowest BCUT2D eigenvalue weighted by Gasteiger charge is -2.31. The molecule has 1 aromatic rings. The first-order valence-corrected chi connectivity index (χ1v) is 9.37. The van der Waals surface area contributed by atoms with Crippen molar-refractivity contribution in [3.63, 3.8) is 0 Å². The van der Waals surface area contributed by atoms with Crippen LogP contribution in [0, 0.1) is 0 Å². The van der Waals surface area contributed by atoms with Crippen molar-refractivity contribution in [2.45, 2.75) is 63.6 Å². The Kier molecular flexibility index (Phi) is 8.12. The maximum atomic E-state index is 15.2. The number of nitrogens with one attached hydrogen (secondary N) is 1. The van der Waals surface area contributed by atoms with Crippen molar-refractivity contribution in [3.05, 3.63) is 33.1 Å². The van der Waals surface area contributed by atoms with Crippen LogP contribution in [-0.2, 0) is 14.2 Å². The van der Waals surface area contributed by atoms with Crippen LogP contribution in [0.4, 0.5) is 8.78 Å². The molecule has 154 valence electrons. The molecule has 27 heavy (non-hydrogen) atoms. The predicted octanol–water partition coefficient (Wildman–Crippen LogP) is 2.11. The fourth-order valence-electron chi connectivity index (χ4n) is 3.00. The summed E-state index contributed by atoms with van der Waals surface area (Å²) in [5, 5.41) is 0. The Morgan fingerprint density at radius 1 is 1.26 bits per heavy atom. The third-order valence-corrected chi connectivity index (χ3v) is 4.57. The Bertz CT molecular complexity index is 695. The second-order valence-corrected chi connectivity index (χ2v) is 6.72. The largest absolute Gasteiger partial charge is 0.378 e. The van der Waals surface area contributed by atoms with Gasteiger partial charge in [-0.15, -0.1) is 0 Å². The molecule has 2 heterocycles. The minimum Gasteiger partial charge on any atom is -0.378 e. The smallest absolute Gasteiger partial charge is 0.330 e. The van der Waals surface area contributed by atoms with E-state index in [9.17, 15) is 14.0 Å². The summed E-state index contributed by atoms with van der Waals surface area (Å²) in [5.74, 6) is 0. The van der Waals surface area contributed by atoms with Crippen LogP contribution in [0.3, 0.4) is 0 Å². The molecule has 0 spiro atoms. The number of H-pyrrole nitrogens is 1. The molecule has 0 radical (unpaired) electrons. The number of nitrogens with zero attached hydrogens (tertiary/aromatic N) is 1. The molecule has 0 amide bonds. The van der Waals surface area contributed by atoms with Gasteiger partial charge < -0.3 is 14.2 Å². The number of unbranched alkanes of at least 4 members (excludes halogenated alkanes) is 2. The fraction of sp³-hybridized carbons (Fsp3) is 0.778. The van der Waals surface area contributed by atoms with Crippen LogP contribution in [0.1, 0.15) is 45.8 Å². The molecule has 0 aromatic carbocycles. The highest BCUT2D eigenvalue weighted by Gasteiger charge is 2.58. The van der Waals surface area contributed by atoms with Crippen molar-refractivity contribution in [2.24, 2.45) is 0 Å². The van der Waals surface area contributed by atoms with Gasteiger partial charge in [0.1, 0.15) is 12.8 Å². The molecule has 0 aliphatic carbocycles. The van der Waals surface area contributed by atoms with Gasteiger partial charge in [-0.3, -0.25) is 14.3 Å². The summed E-state index contributed by atoms with van der Waals surface area (Å²) < 4.78 is 47.0. The molecule has 7 nitrogen and oxygen atoms in total. The van der Waals surface area contributed by atoms with Gasteiger partial charge in [-0.25, -0.2) is 13.6 Å². The molecule has 1 aliphatic rings. The number of ether oxygens (including phenoxy) is 3. The minimum absolute atomic E-state index is 0.185. The highest BCUT2D eigenvalue weighted by atomic mass is 19.1. The second kappa shape index (κ2) is 10.1. The van der Waals surface area contributed by atoms with Gasteiger partial charge in [-0.2, -0.15) is 0 Å². The van der Waals surface area contributed by atoms with Crippen LogP contribution in [0.5, 0.6) is 0 Å². The molecule has 2 rings (SSSR count). The van der Waals surface area contributed by atoms with Crippen molar-refractivity contribution in [3.8, 4) is 0 Å².